The van der Waals surface area contributed by atoms with Crippen molar-refractivity contribution < 1.29 is 4.74 Å². The molecule has 1 saturated heterocycles. The molecule has 108 valence electrons. The lowest BCUT2D eigenvalue weighted by molar-refractivity contribution is 0.105. The molecule has 0 bridgehead atoms. The molecule has 0 aromatic heterocycles. The van der Waals surface area contributed by atoms with Crippen molar-refractivity contribution in [3.63, 3.8) is 0 Å². The lowest BCUT2D eigenvalue weighted by Gasteiger charge is -2.13. The third-order valence-corrected chi connectivity index (χ3v) is 3.08. The van der Waals surface area contributed by atoms with Crippen LogP contribution in [0.1, 0.15) is 45.4 Å². The van der Waals surface area contributed by atoms with Crippen LogP contribution in [-0.2, 0) is 4.74 Å². The normalized spacial score (nSPS) is 19.4. The molecule has 5 heteroatoms. The van der Waals surface area contributed by atoms with E-state index < -0.39 is 0 Å². The SMILES string of the molecule is CCCCCNC(=NC)NCCC1CCCO1.I. The van der Waals surface area contributed by atoms with E-state index >= 15 is 0 Å². The van der Waals surface area contributed by atoms with Crippen molar-refractivity contribution in [1.82, 2.24) is 10.6 Å². The largest absolute Gasteiger partial charge is 0.378 e. The Balaban J connectivity index is 0.00000289. The maximum atomic E-state index is 5.58. The molecule has 18 heavy (non-hydrogen) atoms. The van der Waals surface area contributed by atoms with Gasteiger partial charge in [0, 0.05) is 26.7 Å². The van der Waals surface area contributed by atoms with Crippen LogP contribution in [-0.4, -0.2) is 38.8 Å². The summed E-state index contributed by atoms with van der Waals surface area (Å²) in [4.78, 5) is 4.20. The van der Waals surface area contributed by atoms with Gasteiger partial charge in [-0.2, -0.15) is 0 Å². The first kappa shape index (κ1) is 18.0. The first-order chi connectivity index (χ1) is 8.36. The van der Waals surface area contributed by atoms with Crippen LogP contribution in [0.3, 0.4) is 0 Å². The highest BCUT2D eigenvalue weighted by Gasteiger charge is 2.14. The first-order valence-corrected chi connectivity index (χ1v) is 6.93. The molecule has 0 aliphatic carbocycles. The molecule has 1 atom stereocenters. The third-order valence-electron chi connectivity index (χ3n) is 3.08. The zero-order valence-corrected chi connectivity index (χ0v) is 14.0. The summed E-state index contributed by atoms with van der Waals surface area (Å²) in [6, 6.07) is 0. The van der Waals surface area contributed by atoms with Crippen molar-refractivity contribution >= 4 is 29.9 Å². The number of halogens is 1. The van der Waals surface area contributed by atoms with Crippen LogP contribution in [0.2, 0.25) is 0 Å². The van der Waals surface area contributed by atoms with Gasteiger partial charge in [-0.05, 0) is 25.7 Å². The maximum Gasteiger partial charge on any atom is 0.190 e. The number of rotatable bonds is 7. The van der Waals surface area contributed by atoms with E-state index in [9.17, 15) is 0 Å². The molecule has 1 heterocycles. The average Bonchev–Trinajstić information content (AvgIpc) is 2.85. The van der Waals surface area contributed by atoms with Crippen LogP contribution in [0.5, 0.6) is 0 Å². The first-order valence-electron chi connectivity index (χ1n) is 6.93. The highest BCUT2D eigenvalue weighted by Crippen LogP contribution is 2.14. The second-order valence-corrected chi connectivity index (χ2v) is 4.56. The quantitative estimate of drug-likeness (QED) is 0.314. The van der Waals surface area contributed by atoms with E-state index in [1.807, 2.05) is 7.05 Å². The minimum absolute atomic E-state index is 0. The Morgan fingerprint density at radius 1 is 1.28 bits per heavy atom. The van der Waals surface area contributed by atoms with Crippen molar-refractivity contribution in [2.24, 2.45) is 4.99 Å². The Morgan fingerprint density at radius 3 is 2.67 bits per heavy atom. The van der Waals surface area contributed by atoms with Gasteiger partial charge in [0.25, 0.3) is 0 Å². The highest BCUT2D eigenvalue weighted by atomic mass is 127. The molecule has 1 aliphatic rings. The summed E-state index contributed by atoms with van der Waals surface area (Å²) in [6.07, 6.45) is 7.71. The van der Waals surface area contributed by atoms with E-state index in [-0.39, 0.29) is 24.0 Å². The predicted octanol–water partition coefficient (Wildman–Crippen LogP) is 2.53. The smallest absolute Gasteiger partial charge is 0.190 e. The minimum Gasteiger partial charge on any atom is -0.378 e. The van der Waals surface area contributed by atoms with Gasteiger partial charge in [-0.1, -0.05) is 19.8 Å². The number of ether oxygens (including phenoxy) is 1. The van der Waals surface area contributed by atoms with E-state index in [0.717, 1.165) is 32.1 Å². The monoisotopic (exact) mass is 369 g/mol. The van der Waals surface area contributed by atoms with Crippen molar-refractivity contribution in [3.8, 4) is 0 Å². The van der Waals surface area contributed by atoms with Crippen LogP contribution in [0.25, 0.3) is 0 Å². The molecule has 0 radical (unpaired) electrons. The van der Waals surface area contributed by atoms with Crippen molar-refractivity contribution in [1.29, 1.82) is 0 Å². The van der Waals surface area contributed by atoms with Gasteiger partial charge in [0.2, 0.25) is 0 Å². The molecule has 0 saturated carbocycles. The average molecular weight is 369 g/mol. The molecule has 0 aromatic rings. The summed E-state index contributed by atoms with van der Waals surface area (Å²) < 4.78 is 5.58. The van der Waals surface area contributed by atoms with Crippen LogP contribution in [0.15, 0.2) is 4.99 Å². The van der Waals surface area contributed by atoms with Crippen LogP contribution in [0.4, 0.5) is 0 Å². The zero-order chi connectivity index (χ0) is 12.3. The molecule has 0 amide bonds. The number of hydrogen-bond donors (Lipinski definition) is 2. The van der Waals surface area contributed by atoms with Gasteiger partial charge in [-0.3, -0.25) is 4.99 Å². The number of guanidine groups is 1. The van der Waals surface area contributed by atoms with E-state index in [4.69, 9.17) is 4.74 Å². The van der Waals surface area contributed by atoms with Crippen LogP contribution >= 0.6 is 24.0 Å². The van der Waals surface area contributed by atoms with Crippen molar-refractivity contribution in [2.75, 3.05) is 26.7 Å². The Bertz CT molecular complexity index is 218. The van der Waals surface area contributed by atoms with Gasteiger partial charge in [0.05, 0.1) is 6.10 Å². The number of nitrogens with zero attached hydrogens (tertiary/aromatic N) is 1. The molecular weight excluding hydrogens is 341 g/mol. The van der Waals surface area contributed by atoms with Crippen molar-refractivity contribution in [3.05, 3.63) is 0 Å². The molecule has 0 aromatic carbocycles. The van der Waals surface area contributed by atoms with Crippen LogP contribution < -0.4 is 10.6 Å². The second kappa shape index (κ2) is 12.0. The molecule has 4 nitrogen and oxygen atoms in total. The van der Waals surface area contributed by atoms with Gasteiger partial charge in [-0.15, -0.1) is 24.0 Å². The fraction of sp³-hybridized carbons (Fsp3) is 0.923. The van der Waals surface area contributed by atoms with E-state index in [1.54, 1.807) is 0 Å². The summed E-state index contributed by atoms with van der Waals surface area (Å²) >= 11 is 0. The van der Waals surface area contributed by atoms with Gasteiger partial charge >= 0.3 is 0 Å². The number of aliphatic imine (C=N–C) groups is 1. The van der Waals surface area contributed by atoms with Crippen molar-refractivity contribution in [2.45, 2.75) is 51.6 Å². The Hall–Kier alpha value is -0.0400. The topological polar surface area (TPSA) is 45.7 Å². The van der Waals surface area contributed by atoms with Gasteiger partial charge in [-0.25, -0.2) is 0 Å². The summed E-state index contributed by atoms with van der Waals surface area (Å²) in [6.45, 7) is 5.11. The second-order valence-electron chi connectivity index (χ2n) is 4.56. The number of nitrogens with one attached hydrogen (secondary N) is 2. The molecule has 1 unspecified atom stereocenters. The fourth-order valence-electron chi connectivity index (χ4n) is 2.03. The van der Waals surface area contributed by atoms with Gasteiger partial charge in [0.1, 0.15) is 0 Å². The predicted molar refractivity (Wildman–Crippen MR) is 87.9 cm³/mol. The summed E-state index contributed by atoms with van der Waals surface area (Å²) in [5.74, 6) is 0.916. The van der Waals surface area contributed by atoms with Gasteiger partial charge in [0.15, 0.2) is 5.96 Å². The number of unbranched alkanes of at least 4 members (excludes halogenated alkanes) is 2. The lowest BCUT2D eigenvalue weighted by Crippen LogP contribution is -2.39. The zero-order valence-electron chi connectivity index (χ0n) is 11.7. The fourth-order valence-corrected chi connectivity index (χ4v) is 2.03. The molecular formula is C13H28IN3O. The Kier molecular flexibility index (Phi) is 12.0. The summed E-state index contributed by atoms with van der Waals surface area (Å²) in [5, 5.41) is 6.66. The molecule has 1 rings (SSSR count). The molecule has 0 spiro atoms. The highest BCUT2D eigenvalue weighted by molar-refractivity contribution is 14.0. The maximum absolute atomic E-state index is 5.58. The Morgan fingerprint density at radius 2 is 2.06 bits per heavy atom. The van der Waals surface area contributed by atoms with Crippen LogP contribution in [0, 0.1) is 0 Å². The number of hydrogen-bond acceptors (Lipinski definition) is 2. The summed E-state index contributed by atoms with van der Waals surface area (Å²) in [7, 11) is 1.82. The molecule has 2 N–H and O–H groups in total. The standard InChI is InChI=1S/C13H27N3O.HI/c1-3-4-5-9-15-13(14-2)16-10-8-12-7-6-11-17-12;/h12H,3-11H2,1-2H3,(H2,14,15,16);1H. The molecule has 1 aliphatic heterocycles. The third kappa shape index (κ3) is 8.13. The molecule has 1 fully saturated rings. The summed E-state index contributed by atoms with van der Waals surface area (Å²) in [5.41, 5.74) is 0. The van der Waals surface area contributed by atoms with E-state index in [2.05, 4.69) is 22.5 Å². The van der Waals surface area contributed by atoms with E-state index in [1.165, 1.54) is 32.1 Å². The minimum atomic E-state index is 0. The van der Waals surface area contributed by atoms with Gasteiger partial charge < -0.3 is 15.4 Å². The lowest BCUT2D eigenvalue weighted by atomic mass is 10.2. The van der Waals surface area contributed by atoms with E-state index in [0.29, 0.717) is 6.10 Å². The Labute approximate surface area is 128 Å².